The number of esters is 1. The molecular formula is C37H38O18. The summed E-state index contributed by atoms with van der Waals surface area (Å²) in [5, 5.41) is 107. The second kappa shape index (κ2) is 15.7. The maximum absolute atomic E-state index is 13.8. The summed E-state index contributed by atoms with van der Waals surface area (Å²) >= 11 is 0. The van der Waals surface area contributed by atoms with Gasteiger partial charge in [-0.25, -0.2) is 4.79 Å². The predicted molar refractivity (Wildman–Crippen MR) is 186 cm³/mol. The molecule has 55 heavy (non-hydrogen) atoms. The molecule has 2 aliphatic rings. The molecule has 2 aliphatic heterocycles. The number of carbonyl (C=O) groups is 1. The normalized spacial score (nSPS) is 26.9. The van der Waals surface area contributed by atoms with E-state index in [9.17, 15) is 60.7 Å². The van der Waals surface area contributed by atoms with E-state index in [1.807, 2.05) is 0 Å². The van der Waals surface area contributed by atoms with Gasteiger partial charge in [-0.1, -0.05) is 0 Å². The zero-order valence-corrected chi connectivity index (χ0v) is 29.0. The van der Waals surface area contributed by atoms with Crippen LogP contribution in [-0.4, -0.2) is 127 Å². The van der Waals surface area contributed by atoms with E-state index in [0.29, 0.717) is 5.56 Å². The number of fused-ring (bicyclic) bond motifs is 1. The van der Waals surface area contributed by atoms with E-state index >= 15 is 0 Å². The number of methoxy groups -OCH3 is 2. The summed E-state index contributed by atoms with van der Waals surface area (Å²) in [6, 6.07) is 9.10. The third-order valence-corrected chi connectivity index (χ3v) is 9.45. The SMILES string of the molecule is COc1cc(/C=C/C(=O)OC2C(c3c(O)c(C4OC(CO)C(O)C(O)C4O)c4oc(-c5ccc(O)cc5)cc(=O)c4c3O)OCC(O)C2O)cc(OC)c1O. The molecular weight excluding hydrogens is 732 g/mol. The number of hydrogen-bond acceptors (Lipinski definition) is 18. The van der Waals surface area contributed by atoms with Crippen LogP contribution in [0.3, 0.4) is 0 Å². The Labute approximate surface area is 310 Å². The fourth-order valence-corrected chi connectivity index (χ4v) is 6.57. The second-order valence-corrected chi connectivity index (χ2v) is 12.8. The van der Waals surface area contributed by atoms with Crippen molar-refractivity contribution < 1.29 is 84.0 Å². The molecule has 294 valence electrons. The molecule has 9 atom stereocenters. The van der Waals surface area contributed by atoms with Crippen molar-refractivity contribution in [3.05, 3.63) is 75.5 Å². The summed E-state index contributed by atoms with van der Waals surface area (Å²) in [7, 11) is 2.59. The van der Waals surface area contributed by atoms with Crippen LogP contribution in [0.15, 0.2) is 57.8 Å². The van der Waals surface area contributed by atoms with Gasteiger partial charge in [0.05, 0.1) is 38.6 Å². The number of phenolic OH excluding ortho intramolecular Hbond substituents is 4. The van der Waals surface area contributed by atoms with Crippen LogP contribution in [0.5, 0.6) is 34.5 Å². The van der Waals surface area contributed by atoms with E-state index in [2.05, 4.69) is 0 Å². The van der Waals surface area contributed by atoms with E-state index in [1.165, 1.54) is 56.7 Å². The van der Waals surface area contributed by atoms with Crippen molar-refractivity contribution in [3.8, 4) is 45.8 Å². The minimum Gasteiger partial charge on any atom is -0.508 e. The molecule has 0 spiro atoms. The van der Waals surface area contributed by atoms with Gasteiger partial charge in [0.25, 0.3) is 0 Å². The smallest absolute Gasteiger partial charge is 0.331 e. The van der Waals surface area contributed by atoms with Crippen LogP contribution in [-0.2, 0) is 19.0 Å². The topological polar surface area (TPSA) is 296 Å². The molecule has 0 bridgehead atoms. The summed E-state index contributed by atoms with van der Waals surface area (Å²) in [4.78, 5) is 27.0. The standard InChI is InChI=1S/C37H38O18/c1-50-20-9-14(10-21(51-2)28(20)44)3-8-23(42)55-37-27(43)18(41)13-52-36(37)25-30(46)24-17(40)11-19(15-4-6-16(39)7-5-15)53-34(24)26(31(25)47)35-33(49)32(48)29(45)22(12-38)54-35/h3-11,18,22,27,29,32-33,35-39,41,43-49H,12-13H2,1-2H3/b8-3+. The number of hydrogen-bond donors (Lipinski definition) is 10. The van der Waals surface area contributed by atoms with Crippen molar-refractivity contribution in [2.45, 2.75) is 54.9 Å². The molecule has 1 aromatic heterocycles. The molecule has 10 N–H and O–H groups in total. The first kappa shape index (κ1) is 39.3. The number of rotatable bonds is 9. The van der Waals surface area contributed by atoms with Crippen molar-refractivity contribution >= 4 is 23.0 Å². The highest BCUT2D eigenvalue weighted by molar-refractivity contribution is 5.92. The number of benzene rings is 3. The first-order chi connectivity index (χ1) is 26.2. The molecule has 0 saturated carbocycles. The van der Waals surface area contributed by atoms with Crippen LogP contribution in [0.25, 0.3) is 28.4 Å². The van der Waals surface area contributed by atoms with Gasteiger partial charge < -0.3 is 79.2 Å². The lowest BCUT2D eigenvalue weighted by Crippen LogP contribution is -2.55. The third kappa shape index (κ3) is 7.24. The first-order valence-electron chi connectivity index (χ1n) is 16.7. The van der Waals surface area contributed by atoms with E-state index in [4.69, 9.17) is 28.1 Å². The molecule has 0 radical (unpaired) electrons. The van der Waals surface area contributed by atoms with Gasteiger partial charge in [0.1, 0.15) is 77.2 Å². The van der Waals surface area contributed by atoms with Crippen LogP contribution >= 0.6 is 0 Å². The van der Waals surface area contributed by atoms with Gasteiger partial charge in [-0.05, 0) is 48.0 Å². The minimum atomic E-state index is -2.05. The lowest BCUT2D eigenvalue weighted by atomic mass is 9.85. The maximum Gasteiger partial charge on any atom is 0.331 e. The summed E-state index contributed by atoms with van der Waals surface area (Å²) in [5.74, 6) is -3.65. The summed E-state index contributed by atoms with van der Waals surface area (Å²) in [6.45, 7) is -1.51. The van der Waals surface area contributed by atoms with Crippen molar-refractivity contribution in [3.63, 3.8) is 0 Å². The first-order valence-corrected chi connectivity index (χ1v) is 16.7. The van der Waals surface area contributed by atoms with Crippen LogP contribution in [0, 0.1) is 0 Å². The Bertz CT molecular complexity index is 2120. The van der Waals surface area contributed by atoms with E-state index in [-0.39, 0.29) is 34.3 Å². The Morgan fingerprint density at radius 2 is 1.47 bits per heavy atom. The van der Waals surface area contributed by atoms with Gasteiger partial charge in [0.2, 0.25) is 5.75 Å². The Kier molecular flexibility index (Phi) is 11.2. The Hall–Kier alpha value is -5.44. The predicted octanol–water partition coefficient (Wildman–Crippen LogP) is 0.233. The molecule has 3 aromatic carbocycles. The second-order valence-electron chi connectivity index (χ2n) is 12.8. The van der Waals surface area contributed by atoms with Gasteiger partial charge in [0.15, 0.2) is 28.6 Å². The summed E-state index contributed by atoms with van der Waals surface area (Å²) < 4.78 is 33.2. The monoisotopic (exact) mass is 770 g/mol. The number of ether oxygens (including phenoxy) is 5. The molecule has 9 unspecified atom stereocenters. The lowest BCUT2D eigenvalue weighted by Gasteiger charge is -2.41. The van der Waals surface area contributed by atoms with Gasteiger partial charge >= 0.3 is 5.97 Å². The van der Waals surface area contributed by atoms with Gasteiger partial charge in [0, 0.05) is 17.7 Å². The van der Waals surface area contributed by atoms with E-state index in [1.54, 1.807) is 0 Å². The van der Waals surface area contributed by atoms with Crippen molar-refractivity contribution in [1.29, 1.82) is 0 Å². The Balaban J connectivity index is 1.49. The fraction of sp³-hybridized carbons (Fsp3) is 0.351. The summed E-state index contributed by atoms with van der Waals surface area (Å²) in [5.41, 5.74) is -2.23. The molecule has 2 saturated heterocycles. The molecule has 18 nitrogen and oxygen atoms in total. The molecule has 0 aliphatic carbocycles. The van der Waals surface area contributed by atoms with Crippen molar-refractivity contribution in [2.24, 2.45) is 0 Å². The molecule has 0 amide bonds. The van der Waals surface area contributed by atoms with E-state index in [0.717, 1.165) is 12.1 Å². The molecule has 4 aromatic rings. The molecule has 2 fully saturated rings. The Morgan fingerprint density at radius 1 is 0.818 bits per heavy atom. The average Bonchev–Trinajstić information content (AvgIpc) is 3.16. The number of aromatic hydroxyl groups is 4. The quantitative estimate of drug-likeness (QED) is 0.0805. The highest BCUT2D eigenvalue weighted by atomic mass is 16.6. The summed E-state index contributed by atoms with van der Waals surface area (Å²) in [6.07, 6.45) is -14.4. The highest BCUT2D eigenvalue weighted by Crippen LogP contribution is 2.51. The van der Waals surface area contributed by atoms with Crippen LogP contribution in [0.2, 0.25) is 0 Å². The van der Waals surface area contributed by atoms with Crippen molar-refractivity contribution in [1.82, 2.24) is 0 Å². The maximum atomic E-state index is 13.8. The number of aliphatic hydroxyl groups is 6. The number of carbonyl (C=O) groups excluding carboxylic acids is 1. The molecule has 18 heteroatoms. The van der Waals surface area contributed by atoms with Crippen molar-refractivity contribution in [2.75, 3.05) is 27.4 Å². The zero-order valence-electron chi connectivity index (χ0n) is 29.0. The highest BCUT2D eigenvalue weighted by Gasteiger charge is 2.49. The third-order valence-electron chi connectivity index (χ3n) is 9.45. The van der Waals surface area contributed by atoms with Gasteiger partial charge in [-0.15, -0.1) is 0 Å². The van der Waals surface area contributed by atoms with Gasteiger partial charge in [-0.3, -0.25) is 4.79 Å². The Morgan fingerprint density at radius 3 is 2.09 bits per heavy atom. The molecule has 6 rings (SSSR count). The van der Waals surface area contributed by atoms with E-state index < -0.39 is 113 Å². The van der Waals surface area contributed by atoms with Crippen LogP contribution < -0.4 is 14.9 Å². The minimum absolute atomic E-state index is 0.0174. The lowest BCUT2D eigenvalue weighted by molar-refractivity contribution is -0.232. The number of aliphatic hydroxyl groups excluding tert-OH is 6. The molecule has 3 heterocycles. The zero-order chi connectivity index (χ0) is 39.9. The number of phenols is 4. The fourth-order valence-electron chi connectivity index (χ4n) is 6.57. The van der Waals surface area contributed by atoms with Gasteiger partial charge in [-0.2, -0.15) is 0 Å². The largest absolute Gasteiger partial charge is 0.508 e. The van der Waals surface area contributed by atoms with Crippen LogP contribution in [0.1, 0.15) is 28.9 Å². The average molecular weight is 771 g/mol. The van der Waals surface area contributed by atoms with Crippen LogP contribution in [0.4, 0.5) is 0 Å².